The van der Waals surface area contributed by atoms with Gasteiger partial charge in [-0.1, -0.05) is 17.9 Å². The molecule has 0 aliphatic carbocycles. The van der Waals surface area contributed by atoms with Gasteiger partial charge in [0, 0.05) is 19.0 Å². The van der Waals surface area contributed by atoms with E-state index < -0.39 is 0 Å². The smallest absolute Gasteiger partial charge is 0.252 e. The predicted octanol–water partition coefficient (Wildman–Crippen LogP) is 0.205. The Bertz CT molecular complexity index is 556. The van der Waals surface area contributed by atoms with Gasteiger partial charge in [0.25, 0.3) is 5.91 Å². The van der Waals surface area contributed by atoms with Gasteiger partial charge in [0.15, 0.2) is 0 Å². The van der Waals surface area contributed by atoms with Crippen molar-refractivity contribution in [3.05, 3.63) is 34.9 Å². The molecule has 0 spiro atoms. The number of carbonyl (C=O) groups is 2. The van der Waals surface area contributed by atoms with E-state index in [9.17, 15) is 9.59 Å². The number of hydrogen-bond acceptors (Lipinski definition) is 3. The molecule has 0 bridgehead atoms. The molecule has 2 amide bonds. The maximum atomic E-state index is 12.0. The van der Waals surface area contributed by atoms with Crippen LogP contribution in [0.1, 0.15) is 27.9 Å². The molecule has 1 rings (SSSR count). The first-order chi connectivity index (χ1) is 9.58. The molecule has 0 saturated carbocycles. The van der Waals surface area contributed by atoms with Crippen molar-refractivity contribution in [2.75, 3.05) is 20.2 Å². The highest BCUT2D eigenvalue weighted by atomic mass is 16.2. The zero-order valence-corrected chi connectivity index (χ0v) is 11.6. The van der Waals surface area contributed by atoms with Crippen LogP contribution in [0.3, 0.4) is 0 Å². The fraction of sp³-hybridized carbons (Fsp3) is 0.333. The van der Waals surface area contributed by atoms with Crippen molar-refractivity contribution < 1.29 is 14.7 Å². The van der Waals surface area contributed by atoms with Crippen LogP contribution in [0.25, 0.3) is 0 Å². The lowest BCUT2D eigenvalue weighted by atomic mass is 10.0. The van der Waals surface area contributed by atoms with Gasteiger partial charge in [-0.25, -0.2) is 0 Å². The molecule has 3 N–H and O–H groups in total. The Morgan fingerprint density at radius 3 is 2.75 bits per heavy atom. The van der Waals surface area contributed by atoms with Gasteiger partial charge in [0.05, 0.1) is 18.7 Å². The normalized spacial score (nSPS) is 9.35. The molecule has 0 aliphatic rings. The molecule has 5 nitrogen and oxygen atoms in total. The molecule has 0 saturated heterocycles. The molecule has 0 aliphatic heterocycles. The molecule has 0 radical (unpaired) electrons. The monoisotopic (exact) mass is 274 g/mol. The van der Waals surface area contributed by atoms with Crippen LogP contribution in [-0.2, 0) is 4.79 Å². The predicted molar refractivity (Wildman–Crippen MR) is 76.2 cm³/mol. The van der Waals surface area contributed by atoms with Crippen LogP contribution in [0.15, 0.2) is 18.2 Å². The Balaban J connectivity index is 2.91. The van der Waals surface area contributed by atoms with E-state index >= 15 is 0 Å². The van der Waals surface area contributed by atoms with Crippen LogP contribution in [-0.4, -0.2) is 37.1 Å². The third-order valence-electron chi connectivity index (χ3n) is 2.57. The minimum atomic E-state index is -0.345. The quantitative estimate of drug-likeness (QED) is 0.687. The zero-order chi connectivity index (χ0) is 15.0. The summed E-state index contributed by atoms with van der Waals surface area (Å²) in [5.41, 5.74) is 2.00. The number of hydrogen-bond donors (Lipinski definition) is 3. The first-order valence-corrected chi connectivity index (χ1v) is 6.27. The van der Waals surface area contributed by atoms with E-state index in [2.05, 4.69) is 22.5 Å². The minimum absolute atomic E-state index is 0.0168. The van der Waals surface area contributed by atoms with Crippen LogP contribution in [0.2, 0.25) is 0 Å². The van der Waals surface area contributed by atoms with Gasteiger partial charge in [-0.3, -0.25) is 9.59 Å². The number of rotatable bonds is 4. The molecule has 106 valence electrons. The summed E-state index contributed by atoms with van der Waals surface area (Å²) in [5, 5.41) is 13.7. The number of likely N-dealkylation sites (N-methyl/N-ethyl adjacent to an activating group) is 1. The van der Waals surface area contributed by atoms with Crippen LogP contribution in [0.4, 0.5) is 0 Å². The fourth-order valence-corrected chi connectivity index (χ4v) is 1.52. The summed E-state index contributed by atoms with van der Waals surface area (Å²) in [6, 6.07) is 5.29. The van der Waals surface area contributed by atoms with Crippen molar-refractivity contribution in [2.45, 2.75) is 13.3 Å². The Hall–Kier alpha value is -2.32. The highest BCUT2D eigenvalue weighted by Crippen LogP contribution is 2.10. The standard InChI is InChI=1S/C15H18N2O3/c1-11-6-7-13(12(9-11)5-3-4-8-18)15(20)17-10-14(19)16-2/h6-7,9,18H,4,8,10H2,1-2H3,(H,16,19)(H,17,20). The first-order valence-electron chi connectivity index (χ1n) is 6.27. The van der Waals surface area contributed by atoms with Crippen molar-refractivity contribution >= 4 is 11.8 Å². The number of aliphatic hydroxyl groups excluding tert-OH is 1. The molecule has 0 unspecified atom stereocenters. The number of benzene rings is 1. The molecule has 0 heterocycles. The second-order valence-corrected chi connectivity index (χ2v) is 4.18. The average molecular weight is 274 g/mol. The molecule has 5 heteroatoms. The molecular weight excluding hydrogens is 256 g/mol. The third-order valence-corrected chi connectivity index (χ3v) is 2.57. The summed E-state index contributed by atoms with van der Waals surface area (Å²) in [4.78, 5) is 23.1. The van der Waals surface area contributed by atoms with Crippen molar-refractivity contribution in [1.29, 1.82) is 0 Å². The van der Waals surface area contributed by atoms with Gasteiger partial charge in [0.1, 0.15) is 0 Å². The van der Waals surface area contributed by atoms with Crippen molar-refractivity contribution in [1.82, 2.24) is 10.6 Å². The summed E-state index contributed by atoms with van der Waals surface area (Å²) >= 11 is 0. The van der Waals surface area contributed by atoms with Gasteiger partial charge in [-0.15, -0.1) is 0 Å². The molecule has 0 aromatic heterocycles. The van der Waals surface area contributed by atoms with Crippen molar-refractivity contribution in [3.63, 3.8) is 0 Å². The second-order valence-electron chi connectivity index (χ2n) is 4.18. The Morgan fingerprint density at radius 1 is 1.35 bits per heavy atom. The maximum Gasteiger partial charge on any atom is 0.252 e. The largest absolute Gasteiger partial charge is 0.395 e. The molecular formula is C15H18N2O3. The van der Waals surface area contributed by atoms with Gasteiger partial charge < -0.3 is 15.7 Å². The molecule has 0 atom stereocenters. The fourth-order valence-electron chi connectivity index (χ4n) is 1.52. The maximum absolute atomic E-state index is 12.0. The second kappa shape index (κ2) is 7.97. The summed E-state index contributed by atoms with van der Waals surface area (Å²) in [6.07, 6.45) is 0.354. The zero-order valence-electron chi connectivity index (χ0n) is 11.6. The van der Waals surface area contributed by atoms with Gasteiger partial charge >= 0.3 is 0 Å². The topological polar surface area (TPSA) is 78.4 Å². The number of nitrogens with one attached hydrogen (secondary N) is 2. The number of carbonyl (C=O) groups excluding carboxylic acids is 2. The highest BCUT2D eigenvalue weighted by molar-refractivity contribution is 5.98. The number of amides is 2. The van der Waals surface area contributed by atoms with E-state index in [-0.39, 0.29) is 25.0 Å². The summed E-state index contributed by atoms with van der Waals surface area (Å²) in [6.45, 7) is 1.81. The third kappa shape index (κ3) is 4.75. The van der Waals surface area contributed by atoms with Crippen LogP contribution in [0, 0.1) is 18.8 Å². The molecule has 1 aromatic rings. The van der Waals surface area contributed by atoms with E-state index in [0.29, 0.717) is 17.5 Å². The van der Waals surface area contributed by atoms with E-state index in [1.807, 2.05) is 13.0 Å². The lowest BCUT2D eigenvalue weighted by Gasteiger charge is -2.07. The SMILES string of the molecule is CNC(=O)CNC(=O)c1ccc(C)cc1C#CCCO. The minimum Gasteiger partial charge on any atom is -0.395 e. The van der Waals surface area contributed by atoms with Gasteiger partial charge in [-0.2, -0.15) is 0 Å². The Kier molecular flexibility index (Phi) is 6.27. The van der Waals surface area contributed by atoms with E-state index in [1.54, 1.807) is 12.1 Å². The highest BCUT2D eigenvalue weighted by Gasteiger charge is 2.11. The van der Waals surface area contributed by atoms with Crippen molar-refractivity contribution in [2.24, 2.45) is 0 Å². The lowest BCUT2D eigenvalue weighted by Crippen LogP contribution is -2.35. The Morgan fingerprint density at radius 2 is 2.10 bits per heavy atom. The van der Waals surface area contributed by atoms with Crippen LogP contribution in [0.5, 0.6) is 0 Å². The van der Waals surface area contributed by atoms with E-state index in [4.69, 9.17) is 5.11 Å². The molecule has 1 aromatic carbocycles. The first kappa shape index (κ1) is 15.7. The summed E-state index contributed by atoms with van der Waals surface area (Å²) in [7, 11) is 1.51. The van der Waals surface area contributed by atoms with Crippen LogP contribution < -0.4 is 10.6 Å². The number of aliphatic hydroxyl groups is 1. The number of aryl methyl sites for hydroxylation is 1. The Labute approximate surface area is 118 Å². The molecule has 20 heavy (non-hydrogen) atoms. The van der Waals surface area contributed by atoms with E-state index in [0.717, 1.165) is 5.56 Å². The van der Waals surface area contributed by atoms with Gasteiger partial charge in [0.2, 0.25) is 5.91 Å². The molecule has 0 fully saturated rings. The average Bonchev–Trinajstić information content (AvgIpc) is 2.44. The van der Waals surface area contributed by atoms with E-state index in [1.165, 1.54) is 7.05 Å². The lowest BCUT2D eigenvalue weighted by molar-refractivity contribution is -0.119. The summed E-state index contributed by atoms with van der Waals surface area (Å²) < 4.78 is 0. The van der Waals surface area contributed by atoms with Crippen LogP contribution >= 0.6 is 0 Å². The van der Waals surface area contributed by atoms with Crippen molar-refractivity contribution in [3.8, 4) is 11.8 Å². The summed E-state index contributed by atoms with van der Waals surface area (Å²) in [5.74, 6) is 5.05. The van der Waals surface area contributed by atoms with Gasteiger partial charge in [-0.05, 0) is 24.6 Å².